The number of nitrogens with two attached hydrogens (primary N) is 1. The molecule has 0 heterocycles. The van der Waals surface area contributed by atoms with Crippen LogP contribution in [0, 0.1) is 0 Å². The summed E-state index contributed by atoms with van der Waals surface area (Å²) >= 11 is 0. The first-order valence-electron chi connectivity index (χ1n) is 10.2. The first-order valence-corrected chi connectivity index (χ1v) is 10.2. The van der Waals surface area contributed by atoms with Gasteiger partial charge in [0.05, 0.1) is 18.8 Å². The number of unbranched alkanes of at least 4 members (excludes halogenated alkanes) is 6. The van der Waals surface area contributed by atoms with Crippen molar-refractivity contribution in [2.75, 3.05) is 13.2 Å². The number of hydrogen-bond donors (Lipinski definition) is 3. The third kappa shape index (κ3) is 10.8. The van der Waals surface area contributed by atoms with Crippen LogP contribution in [0.15, 0.2) is 24.3 Å². The number of hydrogen-bond acceptors (Lipinski definition) is 4. The lowest BCUT2D eigenvalue weighted by atomic mass is 9.94. The Morgan fingerprint density at radius 3 is 2.04 bits per heavy atom. The second-order valence-corrected chi connectivity index (χ2v) is 7.52. The van der Waals surface area contributed by atoms with E-state index in [2.05, 4.69) is 6.92 Å². The monoisotopic (exact) mass is 399 g/mol. The van der Waals surface area contributed by atoms with Crippen molar-refractivity contribution in [1.82, 2.24) is 0 Å². The van der Waals surface area contributed by atoms with Gasteiger partial charge in [0.1, 0.15) is 0 Å². The summed E-state index contributed by atoms with van der Waals surface area (Å²) in [5.41, 5.74) is 6.91. The first kappa shape index (κ1) is 26.1. The van der Waals surface area contributed by atoms with Gasteiger partial charge >= 0.3 is 0 Å². The number of aryl methyl sites for hydroxylation is 1. The Balaban J connectivity index is 0.00000676. The highest BCUT2D eigenvalue weighted by molar-refractivity contribution is 5.96. The van der Waals surface area contributed by atoms with Gasteiger partial charge in [-0.15, -0.1) is 12.4 Å². The van der Waals surface area contributed by atoms with E-state index in [-0.39, 0.29) is 31.4 Å². The number of rotatable bonds is 15. The molecule has 0 saturated heterocycles. The van der Waals surface area contributed by atoms with E-state index in [0.717, 1.165) is 36.8 Å². The van der Waals surface area contributed by atoms with Gasteiger partial charge in [-0.1, -0.05) is 69.7 Å². The van der Waals surface area contributed by atoms with Gasteiger partial charge in [0, 0.05) is 12.0 Å². The smallest absolute Gasteiger partial charge is 0.162 e. The summed E-state index contributed by atoms with van der Waals surface area (Å²) in [7, 11) is 0. The van der Waals surface area contributed by atoms with E-state index in [9.17, 15) is 15.0 Å². The summed E-state index contributed by atoms with van der Waals surface area (Å²) in [4.78, 5) is 12.2. The molecule has 1 aromatic carbocycles. The maximum atomic E-state index is 12.2. The zero-order valence-corrected chi connectivity index (χ0v) is 17.6. The van der Waals surface area contributed by atoms with Gasteiger partial charge in [-0.05, 0) is 31.2 Å². The minimum Gasteiger partial charge on any atom is -0.394 e. The second kappa shape index (κ2) is 15.0. The van der Waals surface area contributed by atoms with Crippen LogP contribution < -0.4 is 5.73 Å². The predicted octanol–water partition coefficient (Wildman–Crippen LogP) is 4.44. The van der Waals surface area contributed by atoms with Crippen molar-refractivity contribution < 1.29 is 15.0 Å². The number of ketones is 1. The van der Waals surface area contributed by atoms with Crippen LogP contribution in [0.5, 0.6) is 0 Å². The fourth-order valence-electron chi connectivity index (χ4n) is 3.10. The van der Waals surface area contributed by atoms with Crippen LogP contribution in [0.2, 0.25) is 0 Å². The van der Waals surface area contributed by atoms with Crippen LogP contribution in [0.3, 0.4) is 0 Å². The molecular formula is C22H38ClNO3. The lowest BCUT2D eigenvalue weighted by molar-refractivity contribution is 0.0979. The quantitative estimate of drug-likeness (QED) is 0.301. The summed E-state index contributed by atoms with van der Waals surface area (Å²) in [5, 5.41) is 18.4. The molecule has 1 rings (SSSR count). The highest BCUT2D eigenvalue weighted by Crippen LogP contribution is 2.15. The van der Waals surface area contributed by atoms with Crippen LogP contribution in [0.25, 0.3) is 0 Å². The van der Waals surface area contributed by atoms with Crippen molar-refractivity contribution in [3.8, 4) is 0 Å². The highest BCUT2D eigenvalue weighted by atomic mass is 35.5. The van der Waals surface area contributed by atoms with Crippen molar-refractivity contribution in [1.29, 1.82) is 0 Å². The van der Waals surface area contributed by atoms with Crippen LogP contribution in [-0.4, -0.2) is 34.7 Å². The van der Waals surface area contributed by atoms with E-state index in [1.54, 1.807) is 0 Å². The highest BCUT2D eigenvalue weighted by Gasteiger charge is 2.22. The average Bonchev–Trinajstić information content (AvgIpc) is 2.67. The molecule has 0 amide bonds. The van der Waals surface area contributed by atoms with Crippen LogP contribution in [0.1, 0.15) is 87.1 Å². The van der Waals surface area contributed by atoms with E-state index in [1.807, 2.05) is 24.3 Å². The molecule has 1 aromatic rings. The Morgan fingerprint density at radius 2 is 1.48 bits per heavy atom. The van der Waals surface area contributed by atoms with Gasteiger partial charge in [-0.3, -0.25) is 4.79 Å². The van der Waals surface area contributed by atoms with Crippen molar-refractivity contribution in [2.45, 2.75) is 83.1 Å². The summed E-state index contributed by atoms with van der Waals surface area (Å²) in [5.74, 6) is 0.228. The van der Waals surface area contributed by atoms with Gasteiger partial charge < -0.3 is 15.9 Å². The molecule has 0 saturated carbocycles. The Labute approximate surface area is 171 Å². The summed E-state index contributed by atoms with van der Waals surface area (Å²) in [6.45, 7) is 1.80. The molecule has 0 aliphatic carbocycles. The van der Waals surface area contributed by atoms with Crippen molar-refractivity contribution >= 4 is 18.2 Å². The molecule has 156 valence electrons. The zero-order chi connectivity index (χ0) is 19.3. The summed E-state index contributed by atoms with van der Waals surface area (Å²) in [6, 6.07) is 7.81. The van der Waals surface area contributed by atoms with E-state index < -0.39 is 5.54 Å². The average molecular weight is 400 g/mol. The number of Topliss-reactive ketones (excluding diaryl/α,β-unsaturated/α-hetero) is 1. The van der Waals surface area contributed by atoms with Gasteiger partial charge in [0.15, 0.2) is 5.78 Å². The van der Waals surface area contributed by atoms with E-state index in [0.29, 0.717) is 12.8 Å². The van der Waals surface area contributed by atoms with Gasteiger partial charge in [-0.2, -0.15) is 0 Å². The molecule has 0 atom stereocenters. The number of benzene rings is 1. The standard InChI is InChI=1S/C22H37NO3.ClH/c1-2-3-4-5-6-7-8-11-21(26)20-14-12-19(13-15-20)10-9-16-22(23,17-24)18-25;/h12-15,24-25H,2-11,16-18,23H2,1H3;1H. The Hall–Kier alpha value is -0.940. The van der Waals surface area contributed by atoms with Crippen molar-refractivity contribution in [3.05, 3.63) is 35.4 Å². The van der Waals surface area contributed by atoms with Gasteiger partial charge in [0.25, 0.3) is 0 Å². The van der Waals surface area contributed by atoms with E-state index in [4.69, 9.17) is 5.73 Å². The molecule has 27 heavy (non-hydrogen) atoms. The fraction of sp³-hybridized carbons (Fsp3) is 0.682. The van der Waals surface area contributed by atoms with Crippen LogP contribution in [-0.2, 0) is 6.42 Å². The third-order valence-electron chi connectivity index (χ3n) is 5.05. The largest absolute Gasteiger partial charge is 0.394 e. The molecule has 0 unspecified atom stereocenters. The van der Waals surface area contributed by atoms with Crippen molar-refractivity contribution in [3.63, 3.8) is 0 Å². The number of carbonyl (C=O) groups is 1. The van der Waals surface area contributed by atoms with Gasteiger partial charge in [-0.25, -0.2) is 0 Å². The van der Waals surface area contributed by atoms with E-state index >= 15 is 0 Å². The molecule has 0 radical (unpaired) electrons. The maximum Gasteiger partial charge on any atom is 0.162 e. The minimum absolute atomic E-state index is 0. The molecule has 4 N–H and O–H groups in total. The number of aliphatic hydroxyl groups is 2. The SMILES string of the molecule is CCCCCCCCCC(=O)c1ccc(CCCC(N)(CO)CO)cc1.Cl. The molecule has 0 fully saturated rings. The Morgan fingerprint density at radius 1 is 0.926 bits per heavy atom. The van der Waals surface area contributed by atoms with E-state index in [1.165, 1.54) is 32.1 Å². The maximum absolute atomic E-state index is 12.2. The molecule has 5 heteroatoms. The Bertz CT molecular complexity index is 501. The first-order chi connectivity index (χ1) is 12.5. The minimum atomic E-state index is -0.896. The molecule has 0 aliphatic rings. The van der Waals surface area contributed by atoms with Gasteiger partial charge in [0.2, 0.25) is 0 Å². The molecule has 0 aliphatic heterocycles. The lowest BCUT2D eigenvalue weighted by Gasteiger charge is -2.24. The van der Waals surface area contributed by atoms with Crippen LogP contribution in [0.4, 0.5) is 0 Å². The topological polar surface area (TPSA) is 83.6 Å². The molecular weight excluding hydrogens is 362 g/mol. The summed E-state index contributed by atoms with van der Waals surface area (Å²) in [6.07, 6.45) is 11.4. The normalized spacial score (nSPS) is 11.3. The number of aliphatic hydroxyl groups excluding tert-OH is 2. The fourth-order valence-corrected chi connectivity index (χ4v) is 3.10. The number of halogens is 1. The molecule has 0 bridgehead atoms. The Kier molecular flexibility index (Phi) is 14.5. The molecule has 0 aromatic heterocycles. The summed E-state index contributed by atoms with van der Waals surface area (Å²) < 4.78 is 0. The second-order valence-electron chi connectivity index (χ2n) is 7.52. The third-order valence-corrected chi connectivity index (χ3v) is 5.05. The van der Waals surface area contributed by atoms with Crippen molar-refractivity contribution in [2.24, 2.45) is 5.73 Å². The lowest BCUT2D eigenvalue weighted by Crippen LogP contribution is -2.47. The molecule has 4 nitrogen and oxygen atoms in total. The zero-order valence-electron chi connectivity index (χ0n) is 16.8. The van der Waals surface area contributed by atoms with Crippen LogP contribution >= 0.6 is 12.4 Å². The molecule has 0 spiro atoms. The number of carbonyl (C=O) groups excluding carboxylic acids is 1. The predicted molar refractivity (Wildman–Crippen MR) is 115 cm³/mol.